The van der Waals surface area contributed by atoms with Crippen LogP contribution in [0.25, 0.3) is 0 Å². The summed E-state index contributed by atoms with van der Waals surface area (Å²) in [4.78, 5) is 25.6. The Hall–Kier alpha value is -2.02. The molecule has 0 fully saturated rings. The number of carbonyl (C=O) groups excluding carboxylic acids is 2. The highest BCUT2D eigenvalue weighted by atomic mass is 32.1. The highest BCUT2D eigenvalue weighted by molar-refractivity contribution is 7.15. The van der Waals surface area contributed by atoms with Crippen LogP contribution >= 0.6 is 11.3 Å². The molecule has 2 heterocycles. The monoisotopic (exact) mass is 250 g/mol. The number of anilines is 1. The summed E-state index contributed by atoms with van der Waals surface area (Å²) in [5.41, 5.74) is 0.798. The van der Waals surface area contributed by atoms with Gasteiger partial charge in [0, 0.05) is 11.8 Å². The van der Waals surface area contributed by atoms with E-state index in [0.29, 0.717) is 16.4 Å². The Labute approximate surface area is 101 Å². The molecule has 7 heteroatoms. The Balaban J connectivity index is 2.11. The van der Waals surface area contributed by atoms with E-state index in [1.165, 1.54) is 30.5 Å². The first-order chi connectivity index (χ1) is 8.06. The van der Waals surface area contributed by atoms with Crippen LogP contribution in [0.2, 0.25) is 0 Å². The SMILES string of the molecule is CC(=O)c1c[nH]c(C(=O)Nc2nnc(C)s2)c1. The fourth-order valence-electron chi connectivity index (χ4n) is 1.24. The molecule has 0 unspecified atom stereocenters. The van der Waals surface area contributed by atoms with E-state index >= 15 is 0 Å². The summed E-state index contributed by atoms with van der Waals surface area (Å²) in [5.74, 6) is -0.430. The van der Waals surface area contributed by atoms with Crippen LogP contribution in [-0.4, -0.2) is 26.9 Å². The first kappa shape index (κ1) is 11.5. The Morgan fingerprint density at radius 2 is 2.18 bits per heavy atom. The number of H-pyrrole nitrogens is 1. The summed E-state index contributed by atoms with van der Waals surface area (Å²) < 4.78 is 0. The summed E-state index contributed by atoms with van der Waals surface area (Å²) in [5, 5.41) is 11.4. The molecule has 0 saturated heterocycles. The van der Waals surface area contributed by atoms with Crippen LogP contribution in [0.4, 0.5) is 5.13 Å². The van der Waals surface area contributed by atoms with E-state index in [0.717, 1.165) is 5.01 Å². The lowest BCUT2D eigenvalue weighted by Crippen LogP contribution is -2.11. The molecule has 0 saturated carbocycles. The minimum atomic E-state index is -0.339. The van der Waals surface area contributed by atoms with Gasteiger partial charge in [0.25, 0.3) is 5.91 Å². The molecular weight excluding hydrogens is 240 g/mol. The Morgan fingerprint density at radius 1 is 1.41 bits per heavy atom. The minimum absolute atomic E-state index is 0.0907. The molecule has 0 radical (unpaired) electrons. The number of amides is 1. The predicted molar refractivity (Wildman–Crippen MR) is 63.4 cm³/mol. The number of nitrogens with one attached hydrogen (secondary N) is 2. The van der Waals surface area contributed by atoms with Gasteiger partial charge in [-0.2, -0.15) is 0 Å². The number of aromatic nitrogens is 3. The molecule has 0 aromatic carbocycles. The maximum absolute atomic E-state index is 11.7. The highest BCUT2D eigenvalue weighted by Crippen LogP contribution is 2.15. The van der Waals surface area contributed by atoms with Gasteiger partial charge >= 0.3 is 0 Å². The van der Waals surface area contributed by atoms with Crippen LogP contribution in [-0.2, 0) is 0 Å². The van der Waals surface area contributed by atoms with E-state index < -0.39 is 0 Å². The van der Waals surface area contributed by atoms with E-state index in [1.807, 2.05) is 0 Å². The van der Waals surface area contributed by atoms with Crippen LogP contribution in [0.5, 0.6) is 0 Å². The molecule has 2 rings (SSSR count). The molecule has 0 aliphatic heterocycles. The van der Waals surface area contributed by atoms with Crippen molar-refractivity contribution < 1.29 is 9.59 Å². The van der Waals surface area contributed by atoms with Crippen molar-refractivity contribution in [3.05, 3.63) is 28.5 Å². The Bertz CT molecular complexity index is 572. The molecule has 2 N–H and O–H groups in total. The van der Waals surface area contributed by atoms with Crippen molar-refractivity contribution in [2.24, 2.45) is 0 Å². The molecule has 0 spiro atoms. The highest BCUT2D eigenvalue weighted by Gasteiger charge is 2.12. The number of rotatable bonds is 3. The zero-order valence-corrected chi connectivity index (χ0v) is 10.1. The summed E-state index contributed by atoms with van der Waals surface area (Å²) in [6, 6.07) is 1.51. The standard InChI is InChI=1S/C10H10N4O2S/c1-5(15)7-3-8(11-4-7)9(16)12-10-14-13-6(2)17-10/h3-4,11H,1-2H3,(H,12,14,16). The zero-order valence-electron chi connectivity index (χ0n) is 9.27. The van der Waals surface area contributed by atoms with Gasteiger partial charge in [-0.05, 0) is 19.9 Å². The molecular formula is C10H10N4O2S. The van der Waals surface area contributed by atoms with Crippen molar-refractivity contribution in [3.8, 4) is 0 Å². The predicted octanol–water partition coefficient (Wildman–Crippen LogP) is 1.63. The molecule has 0 aliphatic carbocycles. The van der Waals surface area contributed by atoms with Crippen molar-refractivity contribution >= 4 is 28.2 Å². The second kappa shape index (κ2) is 4.46. The smallest absolute Gasteiger partial charge is 0.273 e. The molecule has 88 valence electrons. The number of nitrogens with zero attached hydrogens (tertiary/aromatic N) is 2. The topological polar surface area (TPSA) is 87.7 Å². The van der Waals surface area contributed by atoms with Crippen molar-refractivity contribution in [2.45, 2.75) is 13.8 Å². The van der Waals surface area contributed by atoms with Crippen molar-refractivity contribution in [3.63, 3.8) is 0 Å². The number of hydrogen-bond donors (Lipinski definition) is 2. The third kappa shape index (κ3) is 2.56. The maximum Gasteiger partial charge on any atom is 0.273 e. The molecule has 6 nitrogen and oxygen atoms in total. The summed E-state index contributed by atoms with van der Waals surface area (Å²) >= 11 is 1.29. The average Bonchev–Trinajstić information content (AvgIpc) is 2.86. The molecule has 1 amide bonds. The number of ketones is 1. The lowest BCUT2D eigenvalue weighted by molar-refractivity contribution is 0.101. The summed E-state index contributed by atoms with van der Waals surface area (Å²) in [6.45, 7) is 3.24. The van der Waals surface area contributed by atoms with E-state index in [2.05, 4.69) is 20.5 Å². The largest absolute Gasteiger partial charge is 0.356 e. The molecule has 17 heavy (non-hydrogen) atoms. The van der Waals surface area contributed by atoms with E-state index in [1.54, 1.807) is 6.92 Å². The maximum atomic E-state index is 11.7. The van der Waals surface area contributed by atoms with Gasteiger partial charge in [0.15, 0.2) is 5.78 Å². The van der Waals surface area contributed by atoms with Crippen LogP contribution in [0, 0.1) is 6.92 Å². The second-order valence-corrected chi connectivity index (χ2v) is 4.62. The molecule has 2 aromatic rings. The van der Waals surface area contributed by atoms with Crippen LogP contribution in [0.1, 0.15) is 32.8 Å². The fraction of sp³-hybridized carbons (Fsp3) is 0.200. The fourth-order valence-corrected chi connectivity index (χ4v) is 1.83. The molecule has 0 aliphatic rings. The third-order valence-electron chi connectivity index (χ3n) is 2.08. The molecule has 0 bridgehead atoms. The van der Waals surface area contributed by atoms with Crippen molar-refractivity contribution in [2.75, 3.05) is 5.32 Å². The van der Waals surface area contributed by atoms with E-state index in [-0.39, 0.29) is 11.7 Å². The van der Waals surface area contributed by atoms with Gasteiger partial charge in [0.1, 0.15) is 10.7 Å². The zero-order chi connectivity index (χ0) is 12.4. The van der Waals surface area contributed by atoms with Crippen molar-refractivity contribution in [1.29, 1.82) is 0 Å². The summed E-state index contributed by atoms with van der Waals surface area (Å²) in [6.07, 6.45) is 1.50. The number of hydrogen-bond acceptors (Lipinski definition) is 5. The first-order valence-electron chi connectivity index (χ1n) is 4.87. The van der Waals surface area contributed by atoms with Gasteiger partial charge in [0.05, 0.1) is 0 Å². The van der Waals surface area contributed by atoms with Crippen LogP contribution in [0.3, 0.4) is 0 Å². The number of Topliss-reactive ketones (excluding diaryl/α,β-unsaturated/α-hetero) is 1. The lowest BCUT2D eigenvalue weighted by atomic mass is 10.2. The Kier molecular flexibility index (Phi) is 3.01. The average molecular weight is 250 g/mol. The summed E-state index contributed by atoms with van der Waals surface area (Å²) in [7, 11) is 0. The van der Waals surface area contributed by atoms with E-state index in [9.17, 15) is 9.59 Å². The minimum Gasteiger partial charge on any atom is -0.356 e. The quantitative estimate of drug-likeness (QED) is 0.810. The van der Waals surface area contributed by atoms with Gasteiger partial charge in [-0.15, -0.1) is 10.2 Å². The van der Waals surface area contributed by atoms with Crippen LogP contribution in [0.15, 0.2) is 12.3 Å². The number of aryl methyl sites for hydroxylation is 1. The third-order valence-corrected chi connectivity index (χ3v) is 2.83. The van der Waals surface area contributed by atoms with Gasteiger partial charge in [-0.25, -0.2) is 0 Å². The van der Waals surface area contributed by atoms with E-state index in [4.69, 9.17) is 0 Å². The molecule has 0 atom stereocenters. The van der Waals surface area contributed by atoms with Gasteiger partial charge in [0.2, 0.25) is 5.13 Å². The van der Waals surface area contributed by atoms with Gasteiger partial charge in [-0.3, -0.25) is 14.9 Å². The van der Waals surface area contributed by atoms with Gasteiger partial charge < -0.3 is 4.98 Å². The normalized spacial score (nSPS) is 10.2. The van der Waals surface area contributed by atoms with Crippen molar-refractivity contribution in [1.82, 2.24) is 15.2 Å². The second-order valence-electron chi connectivity index (χ2n) is 3.44. The van der Waals surface area contributed by atoms with Gasteiger partial charge in [-0.1, -0.05) is 11.3 Å². The van der Waals surface area contributed by atoms with Crippen LogP contribution < -0.4 is 5.32 Å². The molecule has 2 aromatic heterocycles. The number of carbonyl (C=O) groups is 2. The lowest BCUT2D eigenvalue weighted by Gasteiger charge is -1.96. The Morgan fingerprint density at radius 3 is 2.71 bits per heavy atom. The first-order valence-corrected chi connectivity index (χ1v) is 5.68. The number of aromatic amines is 1.